The minimum atomic E-state index is -3.46. The number of piperazine rings is 4. The zero-order chi connectivity index (χ0) is 94.9. The molecule has 4 aromatic heterocycles. The minimum Gasteiger partial charge on any atom is -0.291 e. The Morgan fingerprint density at radius 3 is 0.594 bits per heavy atom. The van der Waals surface area contributed by atoms with Crippen molar-refractivity contribution in [1.82, 2.24) is 76.7 Å². The number of para-hydroxylation sites is 4. The molecule has 696 valence electrons. The fraction of sp³-hybridized carbons (Fsp3) is 0.434. The van der Waals surface area contributed by atoms with Gasteiger partial charge in [-0.25, -0.2) is 73.5 Å². The number of halogens is 1. The second kappa shape index (κ2) is 55.2. The Bertz CT molecular complexity index is 5030. The van der Waals surface area contributed by atoms with E-state index in [-0.39, 0.29) is 24.2 Å². The Hall–Kier alpha value is -9.11. The van der Waals surface area contributed by atoms with Gasteiger partial charge in [0.25, 0.3) is 0 Å². The number of aromatic nitrogens is 8. The van der Waals surface area contributed by atoms with Gasteiger partial charge in [-0.05, 0) is 127 Å². The quantitative estimate of drug-likeness (QED) is 0.0813. The lowest BCUT2D eigenvalue weighted by molar-refractivity contribution is 0.141. The molecule has 4 fully saturated rings. The van der Waals surface area contributed by atoms with Crippen molar-refractivity contribution in [2.75, 3.05) is 105 Å². The van der Waals surface area contributed by atoms with Crippen molar-refractivity contribution in [3.05, 3.63) is 264 Å². The van der Waals surface area contributed by atoms with Gasteiger partial charge in [-0.3, -0.25) is 19.6 Å². The second-order valence-electron chi connectivity index (χ2n) is 28.2. The summed E-state index contributed by atoms with van der Waals surface area (Å²) in [4.78, 5) is 47.8. The highest BCUT2D eigenvalue weighted by atomic mass is 35.5. The smallest absolute Gasteiger partial charge is 0.243 e. The van der Waals surface area contributed by atoms with Crippen LogP contribution in [0.25, 0.3) is 43.6 Å². The molecule has 4 aliphatic heterocycles. The van der Waals surface area contributed by atoms with Gasteiger partial charge in [-0.2, -0.15) is 17.2 Å². The van der Waals surface area contributed by atoms with Gasteiger partial charge in [0.05, 0.1) is 65.8 Å². The summed E-state index contributed by atoms with van der Waals surface area (Å²) in [6, 6.07) is 66.2. The zero-order valence-electron chi connectivity index (χ0n) is 79.8. The lowest BCUT2D eigenvalue weighted by atomic mass is 10.1. The van der Waals surface area contributed by atoms with E-state index in [4.69, 9.17) is 41.5 Å². The van der Waals surface area contributed by atoms with Crippen LogP contribution in [-0.2, 0) is 40.1 Å². The van der Waals surface area contributed by atoms with Crippen molar-refractivity contribution in [3.8, 4) is 0 Å². The monoisotopic (exact) mass is 1840 g/mol. The lowest BCUT2D eigenvalue weighted by Crippen LogP contribution is -2.49. The summed E-state index contributed by atoms with van der Waals surface area (Å²) in [6.45, 7) is 55.1. The molecule has 8 heterocycles. The molecule has 0 amide bonds. The first kappa shape index (κ1) is 109. The molecule has 4 unspecified atom stereocenters. The lowest BCUT2D eigenvalue weighted by Gasteiger charge is -2.36. The maximum atomic E-state index is 12.8. The number of rotatable bonds is 16. The third-order valence-corrected chi connectivity index (χ3v) is 29.2. The first-order valence-electron chi connectivity index (χ1n) is 45.7. The Balaban J connectivity index is 0.000000287. The number of benzene rings is 8. The number of nitrogens with zero attached hydrogens (tertiary/aromatic N) is 16. The molecular weight excluding hydrogens is 1700 g/mol. The van der Waals surface area contributed by atoms with Gasteiger partial charge >= 0.3 is 0 Å². The highest BCUT2D eigenvalue weighted by molar-refractivity contribution is 7.90. The number of hydrogen-bond acceptors (Lipinski definition) is 20. The van der Waals surface area contributed by atoms with E-state index >= 15 is 0 Å². The molecule has 4 saturated heterocycles. The topological polar surface area (TPSA) is 266 Å². The van der Waals surface area contributed by atoms with Crippen LogP contribution in [0.4, 0.5) is 0 Å². The molecule has 12 aromatic rings. The first-order valence-corrected chi connectivity index (χ1v) is 51.8. The Kier molecular flexibility index (Phi) is 47.1. The highest BCUT2D eigenvalue weighted by Gasteiger charge is 2.36. The van der Waals surface area contributed by atoms with Gasteiger partial charge in [0.15, 0.2) is 0 Å². The Morgan fingerprint density at radius 2 is 0.391 bits per heavy atom. The van der Waals surface area contributed by atoms with E-state index in [0.717, 1.165) is 78.2 Å². The maximum absolute atomic E-state index is 12.8. The average Bonchev–Trinajstić information content (AvgIpc) is 0.796. The normalized spacial score (nSPS) is 15.8. The SMILES string of the molecule is CC.CC.CC.CC.CC.CC.CC.CC.CC(c1nc(Cl)c2ccccc2n1)N1CCN(S(=O)(=O)c2ccccc2)CC1.Cc1nc(C(C)N2CCN(S(=O)(=O)c3ccccc3)CC2)nc2ccccc12.Cc1nc(C(C)N2CCN(S(=O)(=O)c3ccccc3)CC2)nc2ccccc12.Cc1nc(C(C)N2CCN(S(=O)(=O)c3ccccc3)CC2)nc2ccccc12. The van der Waals surface area contributed by atoms with Gasteiger partial charge < -0.3 is 0 Å². The van der Waals surface area contributed by atoms with Gasteiger partial charge in [-0.15, -0.1) is 0 Å². The molecule has 0 radical (unpaired) electrons. The predicted octanol–water partition coefficient (Wildman–Crippen LogP) is 20.6. The standard InChI is InChI=1S/3C21H24N4O2S.C20H21ClN4O2S.8C2H6/c3*1-16-19-10-6-7-11-20(19)23-21(22-16)17(2)24-12-14-25(15-13-24)28(26,27)18-8-4-3-5-9-18;1-15(20-22-18-10-6-5-9-17(18)19(21)23-20)24-11-13-25(14-12-24)28(26,27)16-7-3-2-4-8-16;8*1-2/h3*3-11,17H,12-15H2,1-2H3;2-10,15H,11-14H2,1H3;8*1-2H3. The van der Waals surface area contributed by atoms with E-state index in [9.17, 15) is 33.7 Å². The fourth-order valence-electron chi connectivity index (χ4n) is 14.5. The summed E-state index contributed by atoms with van der Waals surface area (Å²) >= 11 is 6.34. The van der Waals surface area contributed by atoms with Crippen LogP contribution in [0.3, 0.4) is 0 Å². The van der Waals surface area contributed by atoms with E-state index in [1.54, 1.807) is 114 Å². The van der Waals surface area contributed by atoms with Crippen molar-refractivity contribution in [1.29, 1.82) is 0 Å². The molecule has 0 aliphatic carbocycles. The van der Waals surface area contributed by atoms with Crippen molar-refractivity contribution in [2.45, 2.75) is 203 Å². The van der Waals surface area contributed by atoms with E-state index in [1.807, 2.05) is 260 Å². The van der Waals surface area contributed by atoms with E-state index in [0.29, 0.717) is 135 Å². The van der Waals surface area contributed by atoms with Crippen molar-refractivity contribution >= 4 is 95.3 Å². The van der Waals surface area contributed by atoms with E-state index in [2.05, 4.69) is 50.3 Å². The predicted molar refractivity (Wildman–Crippen MR) is 529 cm³/mol. The number of sulfonamides is 4. The Labute approximate surface area is 771 Å². The van der Waals surface area contributed by atoms with Crippen LogP contribution in [0.15, 0.2) is 238 Å². The van der Waals surface area contributed by atoms with Crippen LogP contribution >= 0.6 is 11.6 Å². The van der Waals surface area contributed by atoms with Gasteiger partial charge in [0.2, 0.25) is 40.1 Å². The number of hydrogen-bond donors (Lipinski definition) is 0. The minimum absolute atomic E-state index is 0.0323. The molecule has 24 nitrogen and oxygen atoms in total. The van der Waals surface area contributed by atoms with Crippen LogP contribution in [0.1, 0.15) is 203 Å². The summed E-state index contributed by atoms with van der Waals surface area (Å²) in [7, 11) is -13.8. The summed E-state index contributed by atoms with van der Waals surface area (Å²) in [5, 5.41) is 4.48. The zero-order valence-corrected chi connectivity index (χ0v) is 83.9. The van der Waals surface area contributed by atoms with Gasteiger partial charge in [0.1, 0.15) is 28.5 Å². The molecule has 8 aromatic carbocycles. The van der Waals surface area contributed by atoms with Crippen molar-refractivity contribution in [3.63, 3.8) is 0 Å². The summed E-state index contributed by atoms with van der Waals surface area (Å²) in [5.41, 5.74) is 6.56. The van der Waals surface area contributed by atoms with Crippen LogP contribution in [0.5, 0.6) is 0 Å². The average molecular weight is 1850 g/mol. The maximum Gasteiger partial charge on any atom is 0.243 e. The van der Waals surface area contributed by atoms with E-state index < -0.39 is 40.1 Å². The molecule has 29 heteroatoms. The third-order valence-electron chi connectivity index (χ3n) is 21.3. The van der Waals surface area contributed by atoms with Crippen molar-refractivity contribution in [2.24, 2.45) is 0 Å². The third kappa shape index (κ3) is 28.5. The number of aryl methyl sites for hydroxylation is 3. The highest BCUT2D eigenvalue weighted by Crippen LogP contribution is 2.32. The second-order valence-corrected chi connectivity index (χ2v) is 36.3. The van der Waals surface area contributed by atoms with Crippen LogP contribution in [0.2, 0.25) is 5.15 Å². The van der Waals surface area contributed by atoms with Gasteiger partial charge in [-0.1, -0.05) is 262 Å². The van der Waals surface area contributed by atoms with E-state index in [1.165, 1.54) is 0 Å². The van der Waals surface area contributed by atoms with Crippen LogP contribution < -0.4 is 0 Å². The summed E-state index contributed by atoms with van der Waals surface area (Å²) < 4.78 is 109. The molecule has 0 spiro atoms. The molecule has 4 atom stereocenters. The number of fused-ring (bicyclic) bond motifs is 4. The van der Waals surface area contributed by atoms with Crippen LogP contribution in [-0.4, -0.2) is 215 Å². The Morgan fingerprint density at radius 1 is 0.227 bits per heavy atom. The fourth-order valence-corrected chi connectivity index (χ4v) is 20.5. The largest absolute Gasteiger partial charge is 0.291 e. The summed E-state index contributed by atoms with van der Waals surface area (Å²) in [6.07, 6.45) is 0. The van der Waals surface area contributed by atoms with Crippen molar-refractivity contribution < 1.29 is 33.7 Å². The molecule has 128 heavy (non-hydrogen) atoms. The summed E-state index contributed by atoms with van der Waals surface area (Å²) in [5.74, 6) is 3.02. The molecule has 0 N–H and O–H groups in total. The molecule has 16 rings (SSSR count). The molecule has 0 saturated carbocycles. The first-order chi connectivity index (χ1) is 61.9. The van der Waals surface area contributed by atoms with Gasteiger partial charge in [0, 0.05) is 143 Å². The van der Waals surface area contributed by atoms with Crippen LogP contribution in [0, 0.1) is 20.8 Å². The molecule has 4 aliphatic rings. The molecular formula is C99H141ClN16O8S4. The molecule has 0 bridgehead atoms.